The smallest absolute Gasteiger partial charge is 0.227 e. The van der Waals surface area contributed by atoms with Crippen LogP contribution in [0.3, 0.4) is 0 Å². The van der Waals surface area contributed by atoms with Crippen LogP contribution in [0, 0.1) is 17.7 Å². The van der Waals surface area contributed by atoms with E-state index in [1.165, 1.54) is 6.07 Å². The number of halogens is 1. The summed E-state index contributed by atoms with van der Waals surface area (Å²) in [6, 6.07) is 6.21. The number of nitrogens with one attached hydrogen (secondary N) is 1. The van der Waals surface area contributed by atoms with Crippen molar-refractivity contribution in [1.82, 2.24) is 0 Å². The molecule has 3 N–H and O–H groups in total. The maximum absolute atomic E-state index is 13.4. The van der Waals surface area contributed by atoms with Gasteiger partial charge >= 0.3 is 0 Å². The first kappa shape index (κ1) is 12.0. The SMILES string of the molecule is NC[C@H]1CCC[C@H]1C(=O)Nc1ccccc1F. The second kappa shape index (κ2) is 5.27. The molecule has 1 aliphatic carbocycles. The minimum Gasteiger partial charge on any atom is -0.330 e. The molecule has 0 radical (unpaired) electrons. The molecule has 3 nitrogen and oxygen atoms in total. The molecular formula is C13H17FN2O. The highest BCUT2D eigenvalue weighted by Gasteiger charge is 2.32. The molecule has 1 aromatic rings. The van der Waals surface area contributed by atoms with Gasteiger partial charge in [0.1, 0.15) is 5.82 Å². The number of benzene rings is 1. The predicted molar refractivity (Wildman–Crippen MR) is 64.9 cm³/mol. The normalized spacial score (nSPS) is 23.6. The van der Waals surface area contributed by atoms with Gasteiger partial charge in [-0.3, -0.25) is 4.79 Å². The standard InChI is InChI=1S/C13H17FN2O/c14-11-6-1-2-7-12(11)16-13(17)10-5-3-4-9(10)8-15/h1-2,6-7,9-10H,3-5,8,15H2,(H,16,17)/t9-,10-/m1/s1. The van der Waals surface area contributed by atoms with Crippen molar-refractivity contribution in [3.63, 3.8) is 0 Å². The molecule has 0 spiro atoms. The van der Waals surface area contributed by atoms with Gasteiger partial charge in [-0.2, -0.15) is 0 Å². The van der Waals surface area contributed by atoms with E-state index in [-0.39, 0.29) is 23.4 Å². The third-order valence-electron chi connectivity index (χ3n) is 3.43. The first-order valence-electron chi connectivity index (χ1n) is 5.98. The predicted octanol–water partition coefficient (Wildman–Crippen LogP) is 2.14. The molecule has 92 valence electrons. The summed E-state index contributed by atoms with van der Waals surface area (Å²) in [6.07, 6.45) is 2.87. The van der Waals surface area contributed by atoms with Gasteiger partial charge in [-0.25, -0.2) is 4.39 Å². The van der Waals surface area contributed by atoms with E-state index in [9.17, 15) is 9.18 Å². The lowest BCUT2D eigenvalue weighted by molar-refractivity contribution is -0.120. The van der Waals surface area contributed by atoms with Gasteiger partial charge in [0.25, 0.3) is 0 Å². The summed E-state index contributed by atoms with van der Waals surface area (Å²) in [7, 11) is 0. The molecule has 1 aromatic carbocycles. The number of carbonyl (C=O) groups excluding carboxylic acids is 1. The van der Waals surface area contributed by atoms with Crippen molar-refractivity contribution >= 4 is 11.6 Å². The lowest BCUT2D eigenvalue weighted by Gasteiger charge is -2.17. The summed E-state index contributed by atoms with van der Waals surface area (Å²) >= 11 is 0. The van der Waals surface area contributed by atoms with Crippen LogP contribution in [0.1, 0.15) is 19.3 Å². The topological polar surface area (TPSA) is 55.1 Å². The molecule has 1 fully saturated rings. The molecular weight excluding hydrogens is 219 g/mol. The highest BCUT2D eigenvalue weighted by Crippen LogP contribution is 2.32. The molecule has 0 saturated heterocycles. The quantitative estimate of drug-likeness (QED) is 0.844. The zero-order valence-corrected chi connectivity index (χ0v) is 9.66. The molecule has 0 heterocycles. The average Bonchev–Trinajstić information content (AvgIpc) is 2.80. The number of hydrogen-bond donors (Lipinski definition) is 2. The van der Waals surface area contributed by atoms with Crippen LogP contribution in [0.2, 0.25) is 0 Å². The maximum Gasteiger partial charge on any atom is 0.227 e. The van der Waals surface area contributed by atoms with E-state index in [0.29, 0.717) is 6.54 Å². The van der Waals surface area contributed by atoms with Crippen molar-refractivity contribution in [3.05, 3.63) is 30.1 Å². The number of carbonyl (C=O) groups is 1. The van der Waals surface area contributed by atoms with E-state index in [0.717, 1.165) is 19.3 Å². The van der Waals surface area contributed by atoms with Gasteiger partial charge in [-0.1, -0.05) is 18.6 Å². The van der Waals surface area contributed by atoms with Crippen molar-refractivity contribution in [2.75, 3.05) is 11.9 Å². The Kier molecular flexibility index (Phi) is 3.74. The van der Waals surface area contributed by atoms with Gasteiger partial charge in [0.2, 0.25) is 5.91 Å². The van der Waals surface area contributed by atoms with E-state index in [4.69, 9.17) is 5.73 Å². The number of nitrogens with two attached hydrogens (primary N) is 1. The minimum absolute atomic E-state index is 0.0698. The van der Waals surface area contributed by atoms with Gasteiger partial charge in [0.15, 0.2) is 0 Å². The number of anilines is 1. The number of hydrogen-bond acceptors (Lipinski definition) is 2. The minimum atomic E-state index is -0.400. The van der Waals surface area contributed by atoms with Crippen molar-refractivity contribution in [2.45, 2.75) is 19.3 Å². The van der Waals surface area contributed by atoms with Crippen LogP contribution in [0.5, 0.6) is 0 Å². The summed E-state index contributed by atoms with van der Waals surface area (Å²) < 4.78 is 13.4. The van der Waals surface area contributed by atoms with Crippen molar-refractivity contribution < 1.29 is 9.18 Å². The maximum atomic E-state index is 13.4. The molecule has 1 aliphatic rings. The van der Waals surface area contributed by atoms with E-state index in [1.54, 1.807) is 18.2 Å². The Bertz CT molecular complexity index is 408. The first-order valence-corrected chi connectivity index (χ1v) is 5.98. The molecule has 2 rings (SSSR count). The fourth-order valence-corrected chi connectivity index (χ4v) is 2.45. The van der Waals surface area contributed by atoms with Crippen molar-refractivity contribution in [3.8, 4) is 0 Å². The van der Waals surface area contributed by atoms with Crippen LogP contribution in [0.15, 0.2) is 24.3 Å². The van der Waals surface area contributed by atoms with Gasteiger partial charge in [0.05, 0.1) is 5.69 Å². The molecule has 17 heavy (non-hydrogen) atoms. The molecule has 0 unspecified atom stereocenters. The van der Waals surface area contributed by atoms with Gasteiger partial charge in [-0.15, -0.1) is 0 Å². The molecule has 0 aliphatic heterocycles. The largest absolute Gasteiger partial charge is 0.330 e. The lowest BCUT2D eigenvalue weighted by atomic mass is 9.95. The molecule has 1 saturated carbocycles. The lowest BCUT2D eigenvalue weighted by Crippen LogP contribution is -2.30. The Hall–Kier alpha value is -1.42. The van der Waals surface area contributed by atoms with Crippen LogP contribution < -0.4 is 11.1 Å². The summed E-state index contributed by atoms with van der Waals surface area (Å²) in [5.41, 5.74) is 5.88. The summed E-state index contributed by atoms with van der Waals surface area (Å²) in [4.78, 5) is 12.0. The van der Waals surface area contributed by atoms with Gasteiger partial charge in [0, 0.05) is 5.92 Å². The van der Waals surface area contributed by atoms with Crippen molar-refractivity contribution in [1.29, 1.82) is 0 Å². The van der Waals surface area contributed by atoms with E-state index in [2.05, 4.69) is 5.32 Å². The third-order valence-corrected chi connectivity index (χ3v) is 3.43. The Labute approximate surface area is 100 Å². The molecule has 1 amide bonds. The van der Waals surface area contributed by atoms with Crippen LogP contribution in [-0.2, 0) is 4.79 Å². The Morgan fingerprint density at radius 2 is 2.18 bits per heavy atom. The number of amides is 1. The Morgan fingerprint density at radius 3 is 2.88 bits per heavy atom. The molecule has 4 heteroatoms. The molecule has 2 atom stereocenters. The van der Waals surface area contributed by atoms with Crippen molar-refractivity contribution in [2.24, 2.45) is 17.6 Å². The second-order valence-electron chi connectivity index (χ2n) is 4.50. The summed E-state index contributed by atoms with van der Waals surface area (Å²) in [5, 5.41) is 2.65. The third kappa shape index (κ3) is 2.64. The zero-order chi connectivity index (χ0) is 12.3. The van der Waals surface area contributed by atoms with Gasteiger partial charge in [-0.05, 0) is 37.4 Å². The monoisotopic (exact) mass is 236 g/mol. The molecule has 0 bridgehead atoms. The summed E-state index contributed by atoms with van der Waals surface area (Å²) in [5.74, 6) is -0.340. The fraction of sp³-hybridized carbons (Fsp3) is 0.462. The Balaban J connectivity index is 2.04. The van der Waals surface area contributed by atoms with Crippen LogP contribution in [-0.4, -0.2) is 12.5 Å². The Morgan fingerprint density at radius 1 is 1.41 bits per heavy atom. The van der Waals surface area contributed by atoms with E-state index >= 15 is 0 Å². The second-order valence-corrected chi connectivity index (χ2v) is 4.50. The first-order chi connectivity index (χ1) is 8.22. The highest BCUT2D eigenvalue weighted by molar-refractivity contribution is 5.93. The zero-order valence-electron chi connectivity index (χ0n) is 9.66. The highest BCUT2D eigenvalue weighted by atomic mass is 19.1. The van der Waals surface area contributed by atoms with E-state index < -0.39 is 5.82 Å². The van der Waals surface area contributed by atoms with Crippen LogP contribution >= 0.6 is 0 Å². The van der Waals surface area contributed by atoms with Gasteiger partial charge < -0.3 is 11.1 Å². The number of para-hydroxylation sites is 1. The molecule has 0 aromatic heterocycles. The van der Waals surface area contributed by atoms with Crippen LogP contribution in [0.4, 0.5) is 10.1 Å². The average molecular weight is 236 g/mol. The van der Waals surface area contributed by atoms with E-state index in [1.807, 2.05) is 0 Å². The van der Waals surface area contributed by atoms with Crippen LogP contribution in [0.25, 0.3) is 0 Å². The number of rotatable bonds is 3. The fourth-order valence-electron chi connectivity index (χ4n) is 2.45. The summed E-state index contributed by atoms with van der Waals surface area (Å²) in [6.45, 7) is 0.523.